The molecule has 18 heavy (non-hydrogen) atoms. The molecule has 0 rings (SSSR count). The van der Waals surface area contributed by atoms with Crippen LogP contribution in [0.3, 0.4) is 0 Å². The van der Waals surface area contributed by atoms with Crippen LogP contribution in [0.25, 0.3) is 0 Å². The molecule has 0 fully saturated rings. The molecule has 0 radical (unpaired) electrons. The molecule has 0 unspecified atom stereocenters. The Kier molecular flexibility index (Phi) is 13.1. The van der Waals surface area contributed by atoms with Crippen molar-refractivity contribution in [1.29, 1.82) is 0 Å². The fourth-order valence-electron chi connectivity index (χ4n) is 0.379. The minimum absolute atomic E-state index is 0.358. The number of hydrogen-bond donors (Lipinski definition) is 4. The number of nitrogens with one attached hydrogen (secondary N) is 4. The topological polar surface area (TPSA) is 116 Å². The normalized spacial score (nSPS) is 10.0. The quantitative estimate of drug-likeness (QED) is 0.318. The standard InChI is InChI=1S/4CH3NO.4ClH.2Ti/c4*2-1-3;;;;;;/h4*1H,(H2,2,3);4*1H;;/q;;;;;;;;2*+4/p-8. The van der Waals surface area contributed by atoms with Gasteiger partial charge in [0.1, 0.15) is 0 Å². The predicted molar refractivity (Wildman–Crippen MR) is 60.2 cm³/mol. The summed E-state index contributed by atoms with van der Waals surface area (Å²) in [7, 11) is 21.6. The number of hydrogen-bond acceptors (Lipinski definition) is 4. The van der Waals surface area contributed by atoms with Crippen molar-refractivity contribution in [2.75, 3.05) is 0 Å². The van der Waals surface area contributed by atoms with E-state index >= 15 is 0 Å². The van der Waals surface area contributed by atoms with Crippen LogP contribution < -0.4 is 15.2 Å². The van der Waals surface area contributed by atoms with E-state index in [0.717, 1.165) is 0 Å². The van der Waals surface area contributed by atoms with Gasteiger partial charge in [-0.05, 0) is 0 Å². The fourth-order valence-corrected chi connectivity index (χ4v) is 3.03. The first-order chi connectivity index (χ1) is 8.24. The van der Waals surface area contributed by atoms with E-state index in [4.69, 9.17) is 37.2 Å². The molecule has 0 bridgehead atoms. The van der Waals surface area contributed by atoms with Crippen LogP contribution in [0.2, 0.25) is 0 Å². The first-order valence-corrected chi connectivity index (χ1v) is 15.6. The molecular weight excluding hydrogens is 406 g/mol. The summed E-state index contributed by atoms with van der Waals surface area (Å²) in [4.78, 5) is 38.8. The fraction of sp³-hybridized carbons (Fsp3) is 0. The van der Waals surface area contributed by atoms with Crippen LogP contribution in [-0.4, -0.2) is 25.6 Å². The SMILES string of the molecule is O=C[NH][Ti]([Cl])([Cl])[NH]C=O.O=C[NH][Ti]([Cl])([Cl])[NH]C=O. The summed E-state index contributed by atoms with van der Waals surface area (Å²) in [6.07, 6.45) is 1.43. The third-order valence-electron chi connectivity index (χ3n) is 0.961. The van der Waals surface area contributed by atoms with E-state index in [1.54, 1.807) is 0 Å². The van der Waals surface area contributed by atoms with Crippen LogP contribution in [-0.2, 0) is 49.1 Å². The van der Waals surface area contributed by atoms with E-state index in [2.05, 4.69) is 15.2 Å². The van der Waals surface area contributed by atoms with Crippen molar-refractivity contribution in [3.63, 3.8) is 0 Å². The van der Waals surface area contributed by atoms with Gasteiger partial charge < -0.3 is 0 Å². The second-order valence-electron chi connectivity index (χ2n) is 2.20. The molecule has 0 aromatic rings. The zero-order chi connectivity index (χ0) is 14.7. The molecule has 0 aromatic heterocycles. The van der Waals surface area contributed by atoms with Crippen molar-refractivity contribution in [3.8, 4) is 0 Å². The Bertz CT molecular complexity index is 242. The van der Waals surface area contributed by atoms with Crippen LogP contribution in [0.4, 0.5) is 0 Å². The molecule has 0 aromatic carbocycles. The van der Waals surface area contributed by atoms with Gasteiger partial charge in [-0.3, -0.25) is 0 Å². The molecule has 0 aliphatic heterocycles. The Hall–Kier alpha value is 0.469. The van der Waals surface area contributed by atoms with E-state index < -0.39 is 30.0 Å². The van der Waals surface area contributed by atoms with Gasteiger partial charge in [-0.1, -0.05) is 0 Å². The van der Waals surface area contributed by atoms with Gasteiger partial charge in [-0.2, -0.15) is 0 Å². The molecule has 0 atom stereocenters. The first-order valence-electron chi connectivity index (χ1n) is 3.85. The second-order valence-corrected chi connectivity index (χ2v) is 18.5. The molecular formula is C4H8Cl4N4O4Ti2. The summed E-state index contributed by atoms with van der Waals surface area (Å²) in [5.74, 6) is 0. The average Bonchev–Trinajstić information content (AvgIpc) is 2.17. The minimum atomic E-state index is -3.45. The van der Waals surface area contributed by atoms with Crippen molar-refractivity contribution in [2.24, 2.45) is 0 Å². The summed E-state index contributed by atoms with van der Waals surface area (Å²) >= 11 is -6.90. The monoisotopic (exact) mass is 412 g/mol. The molecule has 14 heteroatoms. The molecule has 0 aliphatic carbocycles. The summed E-state index contributed by atoms with van der Waals surface area (Å²) in [6, 6.07) is 0. The Labute approximate surface area is 126 Å². The molecule has 4 N–H and O–H groups in total. The summed E-state index contributed by atoms with van der Waals surface area (Å²) in [5.41, 5.74) is 0. The predicted octanol–water partition coefficient (Wildman–Crippen LogP) is -0.460. The van der Waals surface area contributed by atoms with Gasteiger partial charge in [0.05, 0.1) is 0 Å². The summed E-state index contributed by atoms with van der Waals surface area (Å²) < 4.78 is 8.47. The number of halogens is 4. The van der Waals surface area contributed by atoms with E-state index in [1.807, 2.05) is 0 Å². The van der Waals surface area contributed by atoms with E-state index in [0.29, 0.717) is 25.6 Å². The number of rotatable bonds is 8. The molecule has 0 spiro atoms. The molecule has 0 saturated carbocycles. The van der Waals surface area contributed by atoms with Crippen LogP contribution >= 0.6 is 37.2 Å². The number of carbonyl (C=O) groups excluding carboxylic acids is 4. The van der Waals surface area contributed by atoms with Crippen LogP contribution in [0, 0.1) is 0 Å². The van der Waals surface area contributed by atoms with E-state index in [1.165, 1.54) is 0 Å². The zero-order valence-electron chi connectivity index (χ0n) is 8.45. The summed E-state index contributed by atoms with van der Waals surface area (Å²) in [5, 5.41) is 0. The van der Waals surface area contributed by atoms with Gasteiger partial charge in [0.2, 0.25) is 0 Å². The molecule has 8 nitrogen and oxygen atoms in total. The number of amides is 4. The maximum atomic E-state index is 9.71. The maximum absolute atomic E-state index is 9.71. The second kappa shape index (κ2) is 11.3. The van der Waals surface area contributed by atoms with Gasteiger partial charge >= 0.3 is 127 Å². The zero-order valence-corrected chi connectivity index (χ0v) is 14.6. The molecule has 104 valence electrons. The van der Waals surface area contributed by atoms with Crippen molar-refractivity contribution < 1.29 is 49.1 Å². The number of carbonyl (C=O) groups is 4. The van der Waals surface area contributed by atoms with Crippen molar-refractivity contribution >= 4 is 62.9 Å². The Morgan fingerprint density at radius 3 is 0.833 bits per heavy atom. The Morgan fingerprint density at radius 2 is 0.722 bits per heavy atom. The van der Waals surface area contributed by atoms with Crippen LogP contribution in [0.5, 0.6) is 0 Å². The van der Waals surface area contributed by atoms with Crippen LogP contribution in [0.1, 0.15) is 0 Å². The van der Waals surface area contributed by atoms with Crippen molar-refractivity contribution in [3.05, 3.63) is 0 Å². The van der Waals surface area contributed by atoms with Crippen LogP contribution in [0.15, 0.2) is 0 Å². The third kappa shape index (κ3) is 14.5. The van der Waals surface area contributed by atoms with Gasteiger partial charge in [0.15, 0.2) is 0 Å². The Balaban J connectivity index is 0. The Morgan fingerprint density at radius 1 is 0.556 bits per heavy atom. The average molecular weight is 414 g/mol. The van der Waals surface area contributed by atoms with Crippen molar-refractivity contribution in [2.45, 2.75) is 0 Å². The van der Waals surface area contributed by atoms with Gasteiger partial charge in [-0.25, -0.2) is 0 Å². The molecule has 0 saturated heterocycles. The van der Waals surface area contributed by atoms with Gasteiger partial charge in [-0.15, -0.1) is 0 Å². The van der Waals surface area contributed by atoms with E-state index in [-0.39, 0.29) is 0 Å². The third-order valence-corrected chi connectivity index (χ3v) is 7.56. The first kappa shape index (κ1) is 20.8. The van der Waals surface area contributed by atoms with Gasteiger partial charge in [0.25, 0.3) is 0 Å². The van der Waals surface area contributed by atoms with Crippen molar-refractivity contribution in [1.82, 2.24) is 15.2 Å². The molecule has 0 aliphatic rings. The molecule has 0 heterocycles. The molecule has 4 amide bonds. The summed E-state index contributed by atoms with van der Waals surface area (Å²) in [6.45, 7) is 0. The van der Waals surface area contributed by atoms with Gasteiger partial charge in [0, 0.05) is 0 Å². The van der Waals surface area contributed by atoms with E-state index in [9.17, 15) is 19.2 Å².